The minimum absolute atomic E-state index is 0.0184. The first-order valence-corrected chi connectivity index (χ1v) is 6.26. The summed E-state index contributed by atoms with van der Waals surface area (Å²) in [5.74, 6) is 4.19. The predicted molar refractivity (Wildman–Crippen MR) is 78.8 cm³/mol. The number of aromatic nitrogens is 1. The first-order valence-electron chi connectivity index (χ1n) is 6.26. The molecular formula is C17H13NO3. The fourth-order valence-corrected chi connectivity index (χ4v) is 1.99. The Labute approximate surface area is 122 Å². The van der Waals surface area contributed by atoms with Crippen LogP contribution in [0.5, 0.6) is 11.5 Å². The summed E-state index contributed by atoms with van der Waals surface area (Å²) in [5, 5.41) is 10.1. The quantitative estimate of drug-likeness (QED) is 0.674. The van der Waals surface area contributed by atoms with Crippen molar-refractivity contribution in [1.29, 1.82) is 0 Å². The van der Waals surface area contributed by atoms with Crippen LogP contribution in [0.3, 0.4) is 0 Å². The summed E-state index contributed by atoms with van der Waals surface area (Å²) in [4.78, 5) is 14.8. The van der Waals surface area contributed by atoms with E-state index in [0.29, 0.717) is 11.3 Å². The minimum atomic E-state index is -0.419. The lowest BCUT2D eigenvalue weighted by atomic mass is 9.92. The van der Waals surface area contributed by atoms with E-state index in [1.807, 2.05) is 6.07 Å². The van der Waals surface area contributed by atoms with Gasteiger partial charge >= 0.3 is 0 Å². The lowest BCUT2D eigenvalue weighted by molar-refractivity contribution is 0.366. The number of benzene rings is 1. The van der Waals surface area contributed by atoms with Gasteiger partial charge in [-0.2, -0.15) is 0 Å². The van der Waals surface area contributed by atoms with Crippen molar-refractivity contribution >= 4 is 5.94 Å². The van der Waals surface area contributed by atoms with Gasteiger partial charge in [0.2, 0.25) is 0 Å². The molecule has 0 amide bonds. The van der Waals surface area contributed by atoms with Crippen molar-refractivity contribution in [1.82, 2.24) is 4.98 Å². The van der Waals surface area contributed by atoms with Crippen LogP contribution in [-0.4, -0.2) is 22.6 Å². The van der Waals surface area contributed by atoms with Gasteiger partial charge in [0.15, 0.2) is 0 Å². The van der Waals surface area contributed by atoms with Gasteiger partial charge in [0, 0.05) is 36.0 Å². The number of nitrogens with zero attached hydrogens (tertiary/aromatic N) is 1. The van der Waals surface area contributed by atoms with Crippen molar-refractivity contribution < 1.29 is 14.6 Å². The summed E-state index contributed by atoms with van der Waals surface area (Å²) in [7, 11) is 0. The van der Waals surface area contributed by atoms with Gasteiger partial charge < -0.3 is 9.84 Å². The summed E-state index contributed by atoms with van der Waals surface area (Å²) >= 11 is 0. The molecule has 0 saturated carbocycles. The summed E-state index contributed by atoms with van der Waals surface area (Å²) in [5.41, 5.74) is 1.35. The summed E-state index contributed by atoms with van der Waals surface area (Å²) < 4.78 is 5.24. The molecule has 0 spiro atoms. The summed E-state index contributed by atoms with van der Waals surface area (Å²) in [6.07, 6.45) is 9.74. The van der Waals surface area contributed by atoms with Crippen LogP contribution >= 0.6 is 0 Å². The highest BCUT2D eigenvalue weighted by Crippen LogP contribution is 2.34. The third-order valence-electron chi connectivity index (χ3n) is 2.94. The Hall–Kier alpha value is -3.02. The van der Waals surface area contributed by atoms with Crippen LogP contribution in [0.1, 0.15) is 17.0 Å². The van der Waals surface area contributed by atoms with Gasteiger partial charge in [0.05, 0.1) is 0 Å². The highest BCUT2D eigenvalue weighted by Gasteiger charge is 2.16. The molecule has 0 fully saturated rings. The third kappa shape index (κ3) is 3.50. The number of phenolic OH excluding ortho intramolecular Hbond substituents is 1. The number of carbonyl (C=O) groups excluding carboxylic acids is 1. The SMILES string of the molecule is C#CCOc1ccc(C(C=C=O)c2cccnc2)c(O)c1. The van der Waals surface area contributed by atoms with E-state index in [9.17, 15) is 9.90 Å². The molecule has 0 bridgehead atoms. The maximum atomic E-state index is 10.8. The van der Waals surface area contributed by atoms with E-state index in [2.05, 4.69) is 10.9 Å². The molecule has 4 nitrogen and oxygen atoms in total. The number of allylic oxidation sites excluding steroid dienone is 1. The Balaban J connectivity index is 2.38. The minimum Gasteiger partial charge on any atom is -0.507 e. The zero-order valence-electron chi connectivity index (χ0n) is 11.2. The van der Waals surface area contributed by atoms with Crippen LogP contribution in [0.25, 0.3) is 0 Å². The predicted octanol–water partition coefficient (Wildman–Crippen LogP) is 2.32. The van der Waals surface area contributed by atoms with Gasteiger partial charge in [-0.05, 0) is 17.7 Å². The highest BCUT2D eigenvalue weighted by atomic mass is 16.5. The van der Waals surface area contributed by atoms with Crippen molar-refractivity contribution in [3.8, 4) is 23.8 Å². The normalized spacial score (nSPS) is 11.0. The molecule has 1 heterocycles. The molecule has 1 aromatic carbocycles. The van der Waals surface area contributed by atoms with Crippen molar-refractivity contribution in [3.05, 3.63) is 59.9 Å². The number of aromatic hydroxyl groups is 1. The average Bonchev–Trinajstić information content (AvgIpc) is 2.52. The molecule has 0 saturated heterocycles. The van der Waals surface area contributed by atoms with Crippen LogP contribution in [0.4, 0.5) is 0 Å². The van der Waals surface area contributed by atoms with E-state index in [4.69, 9.17) is 11.2 Å². The topological polar surface area (TPSA) is 59.4 Å². The Morgan fingerprint density at radius 1 is 1.43 bits per heavy atom. The van der Waals surface area contributed by atoms with E-state index in [1.165, 1.54) is 12.1 Å². The van der Waals surface area contributed by atoms with Crippen LogP contribution in [0.15, 0.2) is 48.8 Å². The molecule has 0 radical (unpaired) electrons. The maximum Gasteiger partial charge on any atom is 0.148 e. The third-order valence-corrected chi connectivity index (χ3v) is 2.94. The average molecular weight is 279 g/mol. The molecule has 1 unspecified atom stereocenters. The summed E-state index contributed by atoms with van der Waals surface area (Å²) in [6, 6.07) is 8.44. The van der Waals surface area contributed by atoms with Gasteiger partial charge in [0.1, 0.15) is 24.0 Å². The number of ether oxygens (including phenoxy) is 1. The first-order chi connectivity index (χ1) is 10.3. The molecule has 2 rings (SSSR count). The number of rotatable bonds is 5. The molecular weight excluding hydrogens is 266 g/mol. The molecule has 4 heteroatoms. The molecule has 0 aliphatic rings. The van der Waals surface area contributed by atoms with Gasteiger partial charge in [0.25, 0.3) is 0 Å². The molecule has 21 heavy (non-hydrogen) atoms. The maximum absolute atomic E-state index is 10.8. The second kappa shape index (κ2) is 6.95. The van der Waals surface area contributed by atoms with E-state index < -0.39 is 5.92 Å². The van der Waals surface area contributed by atoms with Crippen LogP contribution in [0, 0.1) is 12.3 Å². The number of hydrogen-bond donors (Lipinski definition) is 1. The van der Waals surface area contributed by atoms with E-state index in [1.54, 1.807) is 36.5 Å². The van der Waals surface area contributed by atoms with Crippen molar-refractivity contribution in [2.75, 3.05) is 6.61 Å². The smallest absolute Gasteiger partial charge is 0.148 e. The second-order valence-corrected chi connectivity index (χ2v) is 4.26. The van der Waals surface area contributed by atoms with Crippen molar-refractivity contribution in [2.24, 2.45) is 0 Å². The van der Waals surface area contributed by atoms with Gasteiger partial charge in [-0.15, -0.1) is 6.42 Å². The molecule has 1 aromatic heterocycles. The second-order valence-electron chi connectivity index (χ2n) is 4.26. The monoisotopic (exact) mass is 279 g/mol. The Kier molecular flexibility index (Phi) is 4.76. The Morgan fingerprint density at radius 3 is 2.90 bits per heavy atom. The zero-order chi connectivity index (χ0) is 15.1. The van der Waals surface area contributed by atoms with Gasteiger partial charge in [-0.1, -0.05) is 18.1 Å². The molecule has 1 atom stereocenters. The zero-order valence-corrected chi connectivity index (χ0v) is 11.2. The first kappa shape index (κ1) is 14.4. The van der Waals surface area contributed by atoms with E-state index in [-0.39, 0.29) is 12.4 Å². The number of phenols is 1. The fraction of sp³-hybridized carbons (Fsp3) is 0.118. The van der Waals surface area contributed by atoms with E-state index >= 15 is 0 Å². The molecule has 2 aromatic rings. The number of pyridine rings is 1. The molecule has 104 valence electrons. The lowest BCUT2D eigenvalue weighted by Gasteiger charge is -2.14. The highest BCUT2D eigenvalue weighted by molar-refractivity contribution is 5.55. The van der Waals surface area contributed by atoms with Crippen LogP contribution in [0.2, 0.25) is 0 Å². The van der Waals surface area contributed by atoms with Crippen molar-refractivity contribution in [3.63, 3.8) is 0 Å². The molecule has 0 aliphatic carbocycles. The van der Waals surface area contributed by atoms with Crippen LogP contribution in [-0.2, 0) is 4.79 Å². The van der Waals surface area contributed by atoms with Crippen molar-refractivity contribution in [2.45, 2.75) is 5.92 Å². The molecule has 1 N–H and O–H groups in total. The lowest BCUT2D eigenvalue weighted by Crippen LogP contribution is -2.00. The van der Waals surface area contributed by atoms with E-state index in [0.717, 1.165) is 5.56 Å². The Morgan fingerprint density at radius 2 is 2.29 bits per heavy atom. The fourth-order valence-electron chi connectivity index (χ4n) is 1.99. The molecule has 0 aliphatic heterocycles. The van der Waals surface area contributed by atoms with Crippen LogP contribution < -0.4 is 4.74 Å². The summed E-state index contributed by atoms with van der Waals surface area (Å²) in [6.45, 7) is 0.124. The number of hydrogen-bond acceptors (Lipinski definition) is 4. The largest absolute Gasteiger partial charge is 0.507 e. The van der Waals surface area contributed by atoms with Gasteiger partial charge in [-0.25, -0.2) is 4.79 Å². The number of terminal acetylenes is 1. The van der Waals surface area contributed by atoms with Gasteiger partial charge in [-0.3, -0.25) is 4.98 Å². The Bertz CT molecular complexity index is 698. The standard InChI is InChI=1S/C17H13NO3/c1-2-10-21-14-5-6-16(17(20)11-14)15(7-9-19)13-4-3-8-18-12-13/h1,3-8,11-12,15,20H,10H2.